The lowest BCUT2D eigenvalue weighted by Gasteiger charge is -2.22. The molecule has 0 spiro atoms. The third-order valence-electron chi connectivity index (χ3n) is 3.12. The third-order valence-corrected chi connectivity index (χ3v) is 3.12. The molecule has 0 fully saturated rings. The van der Waals surface area contributed by atoms with Gasteiger partial charge in [0.15, 0.2) is 0 Å². The summed E-state index contributed by atoms with van der Waals surface area (Å²) in [6.07, 6.45) is 2.24. The molecule has 0 saturated heterocycles. The highest BCUT2D eigenvalue weighted by atomic mass is 16.5. The average Bonchev–Trinajstić information content (AvgIpc) is 2.42. The Hall–Kier alpha value is -1.22. The number of hydrogen-bond donors (Lipinski definition) is 1. The van der Waals surface area contributed by atoms with Crippen molar-refractivity contribution in [3.8, 4) is 11.5 Å². The summed E-state index contributed by atoms with van der Waals surface area (Å²) in [5, 5.41) is 3.61. The summed E-state index contributed by atoms with van der Waals surface area (Å²) in [6, 6.07) is 6.45. The summed E-state index contributed by atoms with van der Waals surface area (Å²) >= 11 is 0. The van der Waals surface area contributed by atoms with Gasteiger partial charge in [0, 0.05) is 12.1 Å². The lowest BCUT2D eigenvalue weighted by molar-refractivity contribution is 0.386. The molecule has 1 aromatic rings. The molecule has 0 aliphatic carbocycles. The van der Waals surface area contributed by atoms with Crippen molar-refractivity contribution < 1.29 is 9.47 Å². The van der Waals surface area contributed by atoms with Crippen molar-refractivity contribution in [2.45, 2.75) is 39.7 Å². The molecular formula is C16H27NO2. The Labute approximate surface area is 117 Å². The number of benzene rings is 1. The Balaban J connectivity index is 2.98. The van der Waals surface area contributed by atoms with Crippen molar-refractivity contribution in [2.75, 3.05) is 20.8 Å². The molecule has 1 rings (SSSR count). The van der Waals surface area contributed by atoms with E-state index in [-0.39, 0.29) is 0 Å². The Bertz CT molecular complexity index is 355. The summed E-state index contributed by atoms with van der Waals surface area (Å²) in [5.74, 6) is 2.34. The predicted octanol–water partition coefficient (Wildman–Crippen LogP) is 3.79. The summed E-state index contributed by atoms with van der Waals surface area (Å²) in [7, 11) is 3.38. The Kier molecular flexibility index (Phi) is 6.71. The minimum absolute atomic E-state index is 0.351. The van der Waals surface area contributed by atoms with Gasteiger partial charge in [0.1, 0.15) is 11.5 Å². The molecule has 1 N–H and O–H groups in total. The van der Waals surface area contributed by atoms with E-state index in [4.69, 9.17) is 9.47 Å². The van der Waals surface area contributed by atoms with Gasteiger partial charge < -0.3 is 14.8 Å². The molecule has 3 nitrogen and oxygen atoms in total. The van der Waals surface area contributed by atoms with Crippen molar-refractivity contribution in [3.05, 3.63) is 23.8 Å². The van der Waals surface area contributed by atoms with Crippen LogP contribution in [0.25, 0.3) is 0 Å². The maximum Gasteiger partial charge on any atom is 0.122 e. The van der Waals surface area contributed by atoms with Crippen LogP contribution in [0.5, 0.6) is 11.5 Å². The molecule has 3 heteroatoms. The van der Waals surface area contributed by atoms with Gasteiger partial charge in [0.05, 0.1) is 14.2 Å². The maximum absolute atomic E-state index is 5.35. The molecule has 1 atom stereocenters. The standard InChI is InChI=1S/C16H27NO2/c1-6-7-17-16(8-12(2)3)13-9-14(18-4)11-15(10-13)19-5/h9-12,16-17H,6-8H2,1-5H3. The Morgan fingerprint density at radius 1 is 1.05 bits per heavy atom. The van der Waals surface area contributed by atoms with Crippen molar-refractivity contribution in [2.24, 2.45) is 5.92 Å². The van der Waals surface area contributed by atoms with E-state index in [2.05, 4.69) is 38.2 Å². The summed E-state index contributed by atoms with van der Waals surface area (Å²) in [5.41, 5.74) is 1.23. The SMILES string of the molecule is CCCNC(CC(C)C)c1cc(OC)cc(OC)c1. The van der Waals surface area contributed by atoms with E-state index in [1.54, 1.807) is 14.2 Å². The normalized spacial score (nSPS) is 12.5. The molecule has 0 aromatic heterocycles. The van der Waals surface area contributed by atoms with E-state index in [9.17, 15) is 0 Å². The molecule has 0 aliphatic heterocycles. The summed E-state index contributed by atoms with van der Waals surface area (Å²) < 4.78 is 10.7. The van der Waals surface area contributed by atoms with Gasteiger partial charge in [0.2, 0.25) is 0 Å². The van der Waals surface area contributed by atoms with E-state index < -0.39 is 0 Å². The lowest BCUT2D eigenvalue weighted by atomic mass is 9.96. The minimum atomic E-state index is 0.351. The van der Waals surface area contributed by atoms with Gasteiger partial charge >= 0.3 is 0 Å². The molecule has 108 valence electrons. The van der Waals surface area contributed by atoms with E-state index in [0.29, 0.717) is 12.0 Å². The first-order valence-electron chi connectivity index (χ1n) is 7.07. The monoisotopic (exact) mass is 265 g/mol. The van der Waals surface area contributed by atoms with Gasteiger partial charge in [-0.3, -0.25) is 0 Å². The largest absolute Gasteiger partial charge is 0.497 e. The number of methoxy groups -OCH3 is 2. The first-order valence-corrected chi connectivity index (χ1v) is 7.07. The smallest absolute Gasteiger partial charge is 0.122 e. The zero-order valence-electron chi connectivity index (χ0n) is 12.8. The summed E-state index contributed by atoms with van der Waals surface area (Å²) in [4.78, 5) is 0. The van der Waals surface area contributed by atoms with Crippen LogP contribution in [0.1, 0.15) is 45.2 Å². The zero-order chi connectivity index (χ0) is 14.3. The highest BCUT2D eigenvalue weighted by molar-refractivity contribution is 5.39. The Morgan fingerprint density at radius 2 is 1.63 bits per heavy atom. The van der Waals surface area contributed by atoms with Gasteiger partial charge in [0.25, 0.3) is 0 Å². The van der Waals surface area contributed by atoms with Crippen molar-refractivity contribution in [3.63, 3.8) is 0 Å². The molecule has 1 unspecified atom stereocenters. The van der Waals surface area contributed by atoms with Crippen LogP contribution in [-0.4, -0.2) is 20.8 Å². The van der Waals surface area contributed by atoms with Crippen LogP contribution in [-0.2, 0) is 0 Å². The van der Waals surface area contributed by atoms with Gasteiger partial charge in [-0.15, -0.1) is 0 Å². The van der Waals surface area contributed by atoms with Crippen LogP contribution >= 0.6 is 0 Å². The topological polar surface area (TPSA) is 30.5 Å². The molecule has 19 heavy (non-hydrogen) atoms. The van der Waals surface area contributed by atoms with Gasteiger partial charge in [-0.1, -0.05) is 20.8 Å². The lowest BCUT2D eigenvalue weighted by Crippen LogP contribution is -2.23. The van der Waals surface area contributed by atoms with Crippen molar-refractivity contribution in [1.29, 1.82) is 0 Å². The van der Waals surface area contributed by atoms with Gasteiger partial charge in [-0.05, 0) is 43.0 Å². The second-order valence-electron chi connectivity index (χ2n) is 5.28. The van der Waals surface area contributed by atoms with Crippen LogP contribution in [0.4, 0.5) is 0 Å². The van der Waals surface area contributed by atoms with Crippen LogP contribution < -0.4 is 14.8 Å². The van der Waals surface area contributed by atoms with Crippen molar-refractivity contribution in [1.82, 2.24) is 5.32 Å². The molecule has 0 amide bonds. The van der Waals surface area contributed by atoms with E-state index in [1.165, 1.54) is 5.56 Å². The van der Waals surface area contributed by atoms with Gasteiger partial charge in [-0.2, -0.15) is 0 Å². The van der Waals surface area contributed by atoms with Crippen molar-refractivity contribution >= 4 is 0 Å². The van der Waals surface area contributed by atoms with Crippen LogP contribution in [0.3, 0.4) is 0 Å². The number of ether oxygens (including phenoxy) is 2. The van der Waals surface area contributed by atoms with E-state index in [0.717, 1.165) is 30.9 Å². The van der Waals surface area contributed by atoms with Crippen LogP contribution in [0.2, 0.25) is 0 Å². The number of nitrogens with one attached hydrogen (secondary N) is 1. The van der Waals surface area contributed by atoms with Crippen LogP contribution in [0.15, 0.2) is 18.2 Å². The minimum Gasteiger partial charge on any atom is -0.497 e. The van der Waals surface area contributed by atoms with Gasteiger partial charge in [-0.25, -0.2) is 0 Å². The second-order valence-corrected chi connectivity index (χ2v) is 5.28. The highest BCUT2D eigenvalue weighted by Gasteiger charge is 2.14. The fourth-order valence-electron chi connectivity index (χ4n) is 2.16. The quantitative estimate of drug-likeness (QED) is 0.775. The van der Waals surface area contributed by atoms with E-state index >= 15 is 0 Å². The zero-order valence-corrected chi connectivity index (χ0v) is 12.8. The molecule has 0 aliphatic rings. The van der Waals surface area contributed by atoms with E-state index in [1.807, 2.05) is 6.07 Å². The first-order chi connectivity index (χ1) is 9.10. The predicted molar refractivity (Wildman–Crippen MR) is 80.0 cm³/mol. The molecule has 0 radical (unpaired) electrons. The third kappa shape index (κ3) is 5.11. The average molecular weight is 265 g/mol. The molecule has 1 aromatic carbocycles. The highest BCUT2D eigenvalue weighted by Crippen LogP contribution is 2.29. The molecular weight excluding hydrogens is 238 g/mol. The van der Waals surface area contributed by atoms with Crippen LogP contribution in [0, 0.1) is 5.92 Å². The fraction of sp³-hybridized carbons (Fsp3) is 0.625. The number of hydrogen-bond acceptors (Lipinski definition) is 3. The first kappa shape index (κ1) is 15.8. The molecule has 0 bridgehead atoms. The number of rotatable bonds is 8. The Morgan fingerprint density at radius 3 is 2.05 bits per heavy atom. The summed E-state index contributed by atoms with van der Waals surface area (Å²) in [6.45, 7) is 7.71. The molecule has 0 saturated carbocycles. The fourth-order valence-corrected chi connectivity index (χ4v) is 2.16. The molecule has 0 heterocycles. The maximum atomic E-state index is 5.35. The second kappa shape index (κ2) is 8.05.